The number of hydrazine groups is 1. The van der Waals surface area contributed by atoms with Crippen LogP contribution in [0.2, 0.25) is 0 Å². The smallest absolute Gasteiger partial charge is 0.233 e. The quantitative estimate of drug-likeness (QED) is 0.764. The zero-order valence-corrected chi connectivity index (χ0v) is 16.7. The van der Waals surface area contributed by atoms with E-state index in [1.165, 1.54) is 16.5 Å². The lowest BCUT2D eigenvalue weighted by molar-refractivity contribution is 0.203. The van der Waals surface area contributed by atoms with Gasteiger partial charge in [-0.05, 0) is 62.6 Å². The summed E-state index contributed by atoms with van der Waals surface area (Å²) >= 11 is 0. The monoisotopic (exact) mass is 407 g/mol. The van der Waals surface area contributed by atoms with Gasteiger partial charge < -0.3 is 4.90 Å². The van der Waals surface area contributed by atoms with Gasteiger partial charge >= 0.3 is 0 Å². The molecule has 5 nitrogen and oxygen atoms in total. The Labute approximate surface area is 164 Å². The van der Waals surface area contributed by atoms with Crippen molar-refractivity contribution in [1.29, 1.82) is 0 Å². The maximum atomic E-state index is 13.7. The maximum Gasteiger partial charge on any atom is 0.233 e. The van der Waals surface area contributed by atoms with E-state index in [-0.39, 0.29) is 6.04 Å². The number of halogens is 2. The first-order valence-electron chi connectivity index (χ1n) is 9.41. The third-order valence-corrected chi connectivity index (χ3v) is 7.49. The Kier molecular flexibility index (Phi) is 4.79. The van der Waals surface area contributed by atoms with Crippen LogP contribution in [0.3, 0.4) is 0 Å². The van der Waals surface area contributed by atoms with E-state index >= 15 is 0 Å². The highest BCUT2D eigenvalue weighted by molar-refractivity contribution is 7.89. The van der Waals surface area contributed by atoms with Crippen LogP contribution in [0, 0.1) is 11.6 Å². The summed E-state index contributed by atoms with van der Waals surface area (Å²) in [4.78, 5) is 2.13. The molecule has 0 saturated carbocycles. The fourth-order valence-corrected chi connectivity index (χ4v) is 5.12. The van der Waals surface area contributed by atoms with E-state index in [4.69, 9.17) is 0 Å². The summed E-state index contributed by atoms with van der Waals surface area (Å²) in [5, 5.41) is 1.14. The Morgan fingerprint density at radius 1 is 1.11 bits per heavy atom. The highest BCUT2D eigenvalue weighted by atomic mass is 32.2. The van der Waals surface area contributed by atoms with Gasteiger partial charge in [-0.25, -0.2) is 17.2 Å². The van der Waals surface area contributed by atoms with Gasteiger partial charge in [0.15, 0.2) is 0 Å². The first-order chi connectivity index (χ1) is 13.3. The Bertz CT molecular complexity index is 965. The van der Waals surface area contributed by atoms with Crippen molar-refractivity contribution in [3.63, 3.8) is 0 Å². The average molecular weight is 407 g/mol. The van der Waals surface area contributed by atoms with Gasteiger partial charge in [-0.2, -0.15) is 0 Å². The van der Waals surface area contributed by atoms with E-state index in [0.29, 0.717) is 12.1 Å². The molecule has 3 aliphatic rings. The van der Waals surface area contributed by atoms with E-state index < -0.39 is 26.9 Å². The van der Waals surface area contributed by atoms with E-state index in [1.807, 2.05) is 18.2 Å². The van der Waals surface area contributed by atoms with Crippen molar-refractivity contribution in [3.8, 4) is 0 Å². The lowest BCUT2D eigenvalue weighted by atomic mass is 10.0. The second kappa shape index (κ2) is 7.00. The fraction of sp³-hybridized carbons (Fsp3) is 0.400. The van der Waals surface area contributed by atoms with Crippen LogP contribution < -0.4 is 0 Å². The van der Waals surface area contributed by atoms with Gasteiger partial charge in [-0.1, -0.05) is 0 Å². The molecular formula is C20H23F2N3O2S. The minimum absolute atomic E-state index is 0.106. The number of allylic oxidation sites excluding steroid dienone is 2. The topological polar surface area (TPSA) is 43.9 Å². The molecule has 1 atom stereocenters. The van der Waals surface area contributed by atoms with Gasteiger partial charge in [0.1, 0.15) is 11.6 Å². The first-order valence-corrected chi connectivity index (χ1v) is 10.9. The predicted molar refractivity (Wildman–Crippen MR) is 103 cm³/mol. The predicted octanol–water partition coefficient (Wildman–Crippen LogP) is 3.67. The molecule has 3 aliphatic heterocycles. The maximum absolute atomic E-state index is 13.7. The van der Waals surface area contributed by atoms with Gasteiger partial charge in [0, 0.05) is 24.5 Å². The molecule has 0 aromatic heterocycles. The van der Waals surface area contributed by atoms with Crippen molar-refractivity contribution in [2.75, 3.05) is 13.1 Å². The number of hydrogen-bond acceptors (Lipinski definition) is 4. The molecule has 8 heteroatoms. The van der Waals surface area contributed by atoms with Gasteiger partial charge in [0.05, 0.1) is 23.5 Å². The molecule has 1 aromatic carbocycles. The van der Waals surface area contributed by atoms with Crippen molar-refractivity contribution in [1.82, 2.24) is 14.3 Å². The van der Waals surface area contributed by atoms with Crippen LogP contribution in [-0.2, 0) is 10.0 Å². The van der Waals surface area contributed by atoms with Crippen LogP contribution in [0.4, 0.5) is 8.78 Å². The summed E-state index contributed by atoms with van der Waals surface area (Å²) in [6.45, 7) is 4.40. The van der Waals surface area contributed by atoms with Crippen molar-refractivity contribution >= 4 is 10.0 Å². The molecule has 150 valence electrons. The summed E-state index contributed by atoms with van der Waals surface area (Å²) < 4.78 is 53.8. The third-order valence-electron chi connectivity index (χ3n) is 5.39. The molecule has 0 amide bonds. The second-order valence-corrected chi connectivity index (χ2v) is 9.91. The molecule has 0 unspecified atom stereocenters. The van der Waals surface area contributed by atoms with E-state index in [2.05, 4.69) is 4.90 Å². The van der Waals surface area contributed by atoms with E-state index in [0.717, 1.165) is 36.8 Å². The van der Waals surface area contributed by atoms with E-state index in [9.17, 15) is 17.2 Å². The molecule has 3 heterocycles. The molecule has 0 N–H and O–H groups in total. The number of rotatable bonds is 4. The molecule has 1 fully saturated rings. The van der Waals surface area contributed by atoms with Crippen molar-refractivity contribution in [2.24, 2.45) is 0 Å². The lowest BCUT2D eigenvalue weighted by Gasteiger charge is -2.34. The normalized spacial score (nSPS) is 22.7. The standard InChI is InChI=1S/C20H23F2N3O2S/c1-14(2)28(26,27)25-9-6-19-13-18(5-8-24(19)25)23-7-3-4-20(23)15-10-16(21)12-17(22)11-15/h5-6,8,10-14,20H,3-4,7,9H2,1-2H3/t20-/m1/s1. The highest BCUT2D eigenvalue weighted by Crippen LogP contribution is 2.38. The summed E-state index contributed by atoms with van der Waals surface area (Å²) in [7, 11) is -3.42. The minimum atomic E-state index is -3.42. The Morgan fingerprint density at radius 2 is 1.82 bits per heavy atom. The SMILES string of the molecule is CC(C)S(=O)(=O)N1CC=C2C=C(N3CCC[C@@H]3c3cc(F)cc(F)c3)C=CN21. The Balaban J connectivity index is 1.59. The molecular weight excluding hydrogens is 384 g/mol. The fourth-order valence-electron chi connectivity index (χ4n) is 3.95. The van der Waals surface area contributed by atoms with Gasteiger partial charge in [-0.3, -0.25) is 5.01 Å². The average Bonchev–Trinajstić information content (AvgIpc) is 3.27. The summed E-state index contributed by atoms with van der Waals surface area (Å²) in [5.74, 6) is -1.15. The Hall–Kier alpha value is -2.19. The van der Waals surface area contributed by atoms with Gasteiger partial charge in [-0.15, -0.1) is 4.41 Å². The summed E-state index contributed by atoms with van der Waals surface area (Å²) in [6, 6.07) is 3.55. The molecule has 4 rings (SSSR count). The van der Waals surface area contributed by atoms with E-state index in [1.54, 1.807) is 25.1 Å². The van der Waals surface area contributed by atoms with Crippen LogP contribution in [0.5, 0.6) is 0 Å². The van der Waals surface area contributed by atoms with Gasteiger partial charge in [0.25, 0.3) is 0 Å². The van der Waals surface area contributed by atoms with Crippen molar-refractivity contribution in [2.45, 2.75) is 38.0 Å². The number of hydrogen-bond donors (Lipinski definition) is 0. The van der Waals surface area contributed by atoms with Gasteiger partial charge in [0.2, 0.25) is 10.0 Å². The lowest BCUT2D eigenvalue weighted by Crippen LogP contribution is -2.43. The molecule has 1 saturated heterocycles. The zero-order chi connectivity index (χ0) is 20.1. The summed E-state index contributed by atoms with van der Waals surface area (Å²) in [6.07, 6.45) is 9.14. The second-order valence-electron chi connectivity index (χ2n) is 7.51. The first kappa shape index (κ1) is 19.1. The number of likely N-dealkylation sites (tertiary alicyclic amines) is 1. The highest BCUT2D eigenvalue weighted by Gasteiger charge is 2.36. The third kappa shape index (κ3) is 3.24. The number of sulfonamides is 1. The zero-order valence-electron chi connectivity index (χ0n) is 15.8. The molecule has 28 heavy (non-hydrogen) atoms. The molecule has 0 bridgehead atoms. The van der Waals surface area contributed by atoms with Crippen LogP contribution in [0.15, 0.2) is 54.0 Å². The largest absolute Gasteiger partial charge is 0.364 e. The Morgan fingerprint density at radius 3 is 2.50 bits per heavy atom. The van der Waals surface area contributed by atoms with Crippen molar-refractivity contribution in [3.05, 3.63) is 71.2 Å². The molecule has 0 spiro atoms. The number of benzene rings is 1. The molecule has 0 radical (unpaired) electrons. The number of fused-ring (bicyclic) bond motifs is 1. The molecule has 1 aromatic rings. The number of nitrogens with zero attached hydrogens (tertiary/aromatic N) is 3. The van der Waals surface area contributed by atoms with Crippen LogP contribution >= 0.6 is 0 Å². The summed E-state index contributed by atoms with van der Waals surface area (Å²) in [5.41, 5.74) is 2.33. The minimum Gasteiger partial charge on any atom is -0.364 e. The van der Waals surface area contributed by atoms with Crippen LogP contribution in [0.1, 0.15) is 38.3 Å². The van der Waals surface area contributed by atoms with Crippen LogP contribution in [0.25, 0.3) is 0 Å². The van der Waals surface area contributed by atoms with Crippen LogP contribution in [-0.4, -0.2) is 41.1 Å². The molecule has 0 aliphatic carbocycles. The van der Waals surface area contributed by atoms with Crippen molar-refractivity contribution < 1.29 is 17.2 Å².